The number of rotatable bonds is 3. The van der Waals surface area contributed by atoms with Crippen LogP contribution in [0.2, 0.25) is 0 Å². The highest BCUT2D eigenvalue weighted by Gasteiger charge is 2.33. The molecule has 0 radical (unpaired) electrons. The summed E-state index contributed by atoms with van der Waals surface area (Å²) in [6, 6.07) is 10.7. The van der Waals surface area contributed by atoms with E-state index < -0.39 is 0 Å². The van der Waals surface area contributed by atoms with E-state index in [9.17, 15) is 0 Å². The maximum Gasteiger partial charge on any atom is 0.0796 e. The SMILES string of the molecule is CNC(c1cccc2cccnc12)C1OCCC1C. The van der Waals surface area contributed by atoms with Crippen molar-refractivity contribution in [2.75, 3.05) is 13.7 Å². The van der Waals surface area contributed by atoms with Gasteiger partial charge in [-0.15, -0.1) is 0 Å². The second-order valence-electron chi connectivity index (χ2n) is 5.29. The summed E-state index contributed by atoms with van der Waals surface area (Å²) >= 11 is 0. The summed E-state index contributed by atoms with van der Waals surface area (Å²) in [6.07, 6.45) is 3.23. The van der Waals surface area contributed by atoms with Gasteiger partial charge in [0.15, 0.2) is 0 Å². The predicted molar refractivity (Wildman–Crippen MR) is 77.1 cm³/mol. The Morgan fingerprint density at radius 3 is 2.89 bits per heavy atom. The van der Waals surface area contributed by atoms with Crippen molar-refractivity contribution in [2.45, 2.75) is 25.5 Å². The molecule has 1 aliphatic rings. The van der Waals surface area contributed by atoms with Crippen molar-refractivity contribution in [1.29, 1.82) is 0 Å². The smallest absolute Gasteiger partial charge is 0.0796 e. The van der Waals surface area contributed by atoms with Crippen LogP contribution in [-0.2, 0) is 4.74 Å². The molecule has 3 rings (SSSR count). The molecule has 1 fully saturated rings. The summed E-state index contributed by atoms with van der Waals surface area (Å²) in [7, 11) is 2.00. The summed E-state index contributed by atoms with van der Waals surface area (Å²) < 4.78 is 5.93. The molecule has 2 aromatic rings. The maximum absolute atomic E-state index is 5.93. The number of likely N-dealkylation sites (N-methyl/N-ethyl adjacent to an activating group) is 1. The van der Waals surface area contributed by atoms with Crippen molar-refractivity contribution in [1.82, 2.24) is 10.3 Å². The molecule has 3 unspecified atom stereocenters. The molecule has 0 saturated carbocycles. The van der Waals surface area contributed by atoms with Crippen LogP contribution < -0.4 is 5.32 Å². The molecule has 1 saturated heterocycles. The van der Waals surface area contributed by atoms with E-state index in [2.05, 4.69) is 41.5 Å². The van der Waals surface area contributed by atoms with Gasteiger partial charge in [0.1, 0.15) is 0 Å². The number of ether oxygens (including phenoxy) is 1. The number of hydrogen-bond donors (Lipinski definition) is 1. The second kappa shape index (κ2) is 5.27. The van der Waals surface area contributed by atoms with Gasteiger partial charge in [0.2, 0.25) is 0 Å². The van der Waals surface area contributed by atoms with Gasteiger partial charge in [-0.3, -0.25) is 4.98 Å². The summed E-state index contributed by atoms with van der Waals surface area (Å²) in [5, 5.41) is 4.60. The van der Waals surface area contributed by atoms with Crippen molar-refractivity contribution in [3.63, 3.8) is 0 Å². The number of hydrogen-bond acceptors (Lipinski definition) is 3. The molecule has 3 nitrogen and oxygen atoms in total. The first kappa shape index (κ1) is 12.6. The van der Waals surface area contributed by atoms with Crippen molar-refractivity contribution in [3.05, 3.63) is 42.1 Å². The van der Waals surface area contributed by atoms with Gasteiger partial charge in [-0.1, -0.05) is 31.2 Å². The average molecular weight is 256 g/mol. The highest BCUT2D eigenvalue weighted by atomic mass is 16.5. The third-order valence-electron chi connectivity index (χ3n) is 4.08. The number of aromatic nitrogens is 1. The lowest BCUT2D eigenvalue weighted by molar-refractivity contribution is 0.0635. The molecule has 0 spiro atoms. The molecule has 0 bridgehead atoms. The van der Waals surface area contributed by atoms with Gasteiger partial charge in [0.05, 0.1) is 17.7 Å². The molecule has 2 heterocycles. The van der Waals surface area contributed by atoms with E-state index in [4.69, 9.17) is 4.74 Å². The maximum atomic E-state index is 5.93. The van der Waals surface area contributed by atoms with E-state index in [1.54, 1.807) is 0 Å². The van der Waals surface area contributed by atoms with Crippen LogP contribution in [0.4, 0.5) is 0 Å². The Labute approximate surface area is 114 Å². The molecule has 3 atom stereocenters. The van der Waals surface area contributed by atoms with Gasteiger partial charge in [0.25, 0.3) is 0 Å². The summed E-state index contributed by atoms with van der Waals surface area (Å²) in [5.74, 6) is 0.580. The fourth-order valence-corrected chi connectivity index (χ4v) is 3.02. The summed E-state index contributed by atoms with van der Waals surface area (Å²) in [4.78, 5) is 4.55. The van der Waals surface area contributed by atoms with Crippen LogP contribution in [0.25, 0.3) is 10.9 Å². The third-order valence-corrected chi connectivity index (χ3v) is 4.08. The van der Waals surface area contributed by atoms with E-state index in [0.29, 0.717) is 5.92 Å². The van der Waals surface area contributed by atoms with E-state index in [1.807, 2.05) is 19.3 Å². The van der Waals surface area contributed by atoms with Gasteiger partial charge in [-0.25, -0.2) is 0 Å². The van der Waals surface area contributed by atoms with E-state index in [-0.39, 0.29) is 12.1 Å². The van der Waals surface area contributed by atoms with Crippen LogP contribution >= 0.6 is 0 Å². The Kier molecular flexibility index (Phi) is 3.49. The van der Waals surface area contributed by atoms with Gasteiger partial charge in [-0.05, 0) is 31.0 Å². The van der Waals surface area contributed by atoms with Gasteiger partial charge in [-0.2, -0.15) is 0 Å². The molecule has 1 aromatic carbocycles. The Balaban J connectivity index is 2.06. The second-order valence-corrected chi connectivity index (χ2v) is 5.29. The minimum Gasteiger partial charge on any atom is -0.376 e. The predicted octanol–water partition coefficient (Wildman–Crippen LogP) is 2.92. The van der Waals surface area contributed by atoms with E-state index in [1.165, 1.54) is 10.9 Å². The number of fused-ring (bicyclic) bond motifs is 1. The molecule has 100 valence electrons. The van der Waals surface area contributed by atoms with E-state index in [0.717, 1.165) is 18.5 Å². The molecular formula is C16H20N2O. The zero-order valence-corrected chi connectivity index (χ0v) is 11.5. The third kappa shape index (κ3) is 2.24. The Morgan fingerprint density at radius 1 is 1.32 bits per heavy atom. The van der Waals surface area contributed by atoms with Crippen molar-refractivity contribution in [2.24, 2.45) is 5.92 Å². The fourth-order valence-electron chi connectivity index (χ4n) is 3.02. The summed E-state index contributed by atoms with van der Waals surface area (Å²) in [6.45, 7) is 3.13. The van der Waals surface area contributed by atoms with Crippen LogP contribution in [0.15, 0.2) is 36.5 Å². The fraction of sp³-hybridized carbons (Fsp3) is 0.438. The molecule has 0 aliphatic carbocycles. The molecule has 3 heteroatoms. The monoisotopic (exact) mass is 256 g/mol. The number of nitrogens with zero attached hydrogens (tertiary/aromatic N) is 1. The molecule has 1 aromatic heterocycles. The molecule has 19 heavy (non-hydrogen) atoms. The first-order chi connectivity index (χ1) is 9.31. The first-order valence-electron chi connectivity index (χ1n) is 6.94. The number of pyridine rings is 1. The molecule has 1 aliphatic heterocycles. The topological polar surface area (TPSA) is 34.2 Å². The number of para-hydroxylation sites is 1. The van der Waals surface area contributed by atoms with Crippen LogP contribution in [0.5, 0.6) is 0 Å². The number of benzene rings is 1. The van der Waals surface area contributed by atoms with Gasteiger partial charge in [0, 0.05) is 18.2 Å². The molecular weight excluding hydrogens is 236 g/mol. The Hall–Kier alpha value is -1.45. The molecule has 0 amide bonds. The minimum absolute atomic E-state index is 0.205. The molecule has 1 N–H and O–H groups in total. The van der Waals surface area contributed by atoms with Crippen LogP contribution in [-0.4, -0.2) is 24.7 Å². The Morgan fingerprint density at radius 2 is 2.16 bits per heavy atom. The number of nitrogens with one attached hydrogen (secondary N) is 1. The lowest BCUT2D eigenvalue weighted by atomic mass is 9.91. The van der Waals surface area contributed by atoms with Gasteiger partial charge >= 0.3 is 0 Å². The summed E-state index contributed by atoms with van der Waals surface area (Å²) in [5.41, 5.74) is 2.31. The standard InChI is InChI=1S/C16H20N2O/c1-11-8-10-19-16(11)15(17-2)13-7-3-5-12-6-4-9-18-14(12)13/h3-7,9,11,15-17H,8,10H2,1-2H3. The highest BCUT2D eigenvalue weighted by molar-refractivity contribution is 5.82. The van der Waals surface area contributed by atoms with Gasteiger partial charge < -0.3 is 10.1 Å². The first-order valence-corrected chi connectivity index (χ1v) is 6.94. The van der Waals surface area contributed by atoms with Crippen LogP contribution in [0.1, 0.15) is 24.9 Å². The Bertz CT molecular complexity index is 564. The zero-order chi connectivity index (χ0) is 13.2. The minimum atomic E-state index is 0.205. The largest absolute Gasteiger partial charge is 0.376 e. The quantitative estimate of drug-likeness (QED) is 0.917. The lowest BCUT2D eigenvalue weighted by Crippen LogP contribution is -2.32. The lowest BCUT2D eigenvalue weighted by Gasteiger charge is -2.26. The zero-order valence-electron chi connectivity index (χ0n) is 11.5. The van der Waals surface area contributed by atoms with E-state index >= 15 is 0 Å². The van der Waals surface area contributed by atoms with Crippen molar-refractivity contribution in [3.8, 4) is 0 Å². The highest BCUT2D eigenvalue weighted by Crippen LogP contribution is 2.33. The normalized spacial score (nSPS) is 24.7. The van der Waals surface area contributed by atoms with Crippen LogP contribution in [0.3, 0.4) is 0 Å². The van der Waals surface area contributed by atoms with Crippen LogP contribution in [0, 0.1) is 5.92 Å². The van der Waals surface area contributed by atoms with Crippen molar-refractivity contribution >= 4 is 10.9 Å². The average Bonchev–Trinajstić information content (AvgIpc) is 2.86. The van der Waals surface area contributed by atoms with Crippen molar-refractivity contribution < 1.29 is 4.74 Å².